The van der Waals surface area contributed by atoms with Crippen molar-refractivity contribution in [3.05, 3.63) is 29.8 Å². The predicted molar refractivity (Wildman–Crippen MR) is 78.6 cm³/mol. The van der Waals surface area contributed by atoms with Crippen LogP contribution in [0.3, 0.4) is 0 Å². The zero-order valence-corrected chi connectivity index (χ0v) is 13.2. The molecule has 1 heterocycles. The fraction of sp³-hybridized carbons (Fsp3) is 0.533. The Morgan fingerprint density at radius 3 is 2.52 bits per heavy atom. The molecule has 2 rings (SSSR count). The average molecular weight is 312 g/mol. The van der Waals surface area contributed by atoms with E-state index in [1.54, 1.807) is 24.3 Å². The highest BCUT2D eigenvalue weighted by Crippen LogP contribution is 2.27. The van der Waals surface area contributed by atoms with E-state index in [-0.39, 0.29) is 17.8 Å². The smallest absolute Gasteiger partial charge is 0.307 e. The summed E-state index contributed by atoms with van der Waals surface area (Å²) in [7, 11) is -1.22. The van der Waals surface area contributed by atoms with E-state index in [0.29, 0.717) is 17.1 Å². The lowest BCUT2D eigenvalue weighted by atomic mass is 10.2. The zero-order valence-electron chi connectivity index (χ0n) is 12.4. The second-order valence-electron chi connectivity index (χ2n) is 5.58. The summed E-state index contributed by atoms with van der Waals surface area (Å²) < 4.78 is 23.8. The Bertz CT molecular complexity index is 537. The van der Waals surface area contributed by atoms with Crippen molar-refractivity contribution < 1.29 is 23.6 Å². The van der Waals surface area contributed by atoms with Crippen LogP contribution < -0.4 is 0 Å². The Labute approximate surface area is 126 Å². The first kappa shape index (κ1) is 16.1. The molecule has 0 radical (unpaired) electrons. The third-order valence-electron chi connectivity index (χ3n) is 3.40. The molecule has 1 aromatic carbocycles. The van der Waals surface area contributed by atoms with E-state index in [0.717, 1.165) is 0 Å². The number of ether oxygens (including phenoxy) is 2. The van der Waals surface area contributed by atoms with Gasteiger partial charge in [-0.15, -0.1) is 0 Å². The van der Waals surface area contributed by atoms with Crippen molar-refractivity contribution in [3.8, 4) is 0 Å². The lowest BCUT2D eigenvalue weighted by Crippen LogP contribution is -2.31. The van der Waals surface area contributed by atoms with Crippen LogP contribution in [0.2, 0.25) is 0 Å². The van der Waals surface area contributed by atoms with Gasteiger partial charge in [0.2, 0.25) is 0 Å². The number of hydrogen-bond acceptors (Lipinski definition) is 4. The van der Waals surface area contributed by atoms with Crippen LogP contribution in [0, 0.1) is 0 Å². The molecule has 0 bridgehead atoms. The Hall–Kier alpha value is -1.24. The predicted octanol–water partition coefficient (Wildman–Crippen LogP) is 1.96. The maximum atomic E-state index is 12.5. The van der Waals surface area contributed by atoms with E-state index in [4.69, 9.17) is 14.6 Å². The summed E-state index contributed by atoms with van der Waals surface area (Å²) in [4.78, 5) is 11.3. The molecular weight excluding hydrogens is 292 g/mol. The largest absolute Gasteiger partial charge is 0.481 e. The van der Waals surface area contributed by atoms with E-state index in [1.807, 2.05) is 20.8 Å². The molecule has 1 aliphatic rings. The van der Waals surface area contributed by atoms with Crippen molar-refractivity contribution in [3.63, 3.8) is 0 Å². The molecule has 0 spiro atoms. The summed E-state index contributed by atoms with van der Waals surface area (Å²) in [5.41, 5.74) is 0.692. The van der Waals surface area contributed by atoms with Gasteiger partial charge in [0.05, 0.1) is 35.2 Å². The molecule has 0 saturated carbocycles. The van der Waals surface area contributed by atoms with Gasteiger partial charge in [-0.3, -0.25) is 9.00 Å². The van der Waals surface area contributed by atoms with E-state index in [1.165, 1.54) is 0 Å². The van der Waals surface area contributed by atoms with Gasteiger partial charge in [-0.25, -0.2) is 0 Å². The number of benzene rings is 1. The van der Waals surface area contributed by atoms with Crippen molar-refractivity contribution in [1.29, 1.82) is 0 Å². The SMILES string of the molecule is CC(C1COC(C)(C)O1)S(=O)c1ccc(CC(=O)O)cc1. The van der Waals surface area contributed by atoms with E-state index in [9.17, 15) is 9.00 Å². The Kier molecular flexibility index (Phi) is 4.81. The summed E-state index contributed by atoms with van der Waals surface area (Å²) in [5, 5.41) is 8.54. The third-order valence-corrected chi connectivity index (χ3v) is 5.12. The summed E-state index contributed by atoms with van der Waals surface area (Å²) in [6.45, 7) is 5.97. The summed E-state index contributed by atoms with van der Waals surface area (Å²) in [5.74, 6) is -1.51. The second-order valence-corrected chi connectivity index (χ2v) is 7.39. The maximum absolute atomic E-state index is 12.5. The van der Waals surface area contributed by atoms with Crippen molar-refractivity contribution in [2.24, 2.45) is 0 Å². The Morgan fingerprint density at radius 2 is 2.05 bits per heavy atom. The maximum Gasteiger partial charge on any atom is 0.307 e. The minimum Gasteiger partial charge on any atom is -0.481 e. The highest BCUT2D eigenvalue weighted by atomic mass is 32.2. The molecule has 116 valence electrons. The van der Waals surface area contributed by atoms with Crippen LogP contribution in [0.15, 0.2) is 29.2 Å². The molecule has 0 aliphatic carbocycles. The van der Waals surface area contributed by atoms with Crippen LogP contribution >= 0.6 is 0 Å². The number of carbonyl (C=O) groups is 1. The monoisotopic (exact) mass is 312 g/mol. The van der Waals surface area contributed by atoms with Gasteiger partial charge in [-0.2, -0.15) is 0 Å². The minimum atomic E-state index is -1.22. The Morgan fingerprint density at radius 1 is 1.43 bits per heavy atom. The van der Waals surface area contributed by atoms with Crippen molar-refractivity contribution in [1.82, 2.24) is 0 Å². The molecule has 1 N–H and O–H groups in total. The molecule has 1 saturated heterocycles. The molecule has 0 amide bonds. The number of aliphatic carboxylic acids is 1. The van der Waals surface area contributed by atoms with Gasteiger partial charge in [-0.1, -0.05) is 12.1 Å². The molecule has 0 aromatic heterocycles. The van der Waals surface area contributed by atoms with E-state index >= 15 is 0 Å². The first-order valence-corrected chi connectivity index (χ1v) is 8.03. The minimum absolute atomic E-state index is 0.0315. The fourth-order valence-corrected chi connectivity index (χ4v) is 3.46. The summed E-state index contributed by atoms with van der Waals surface area (Å²) in [6, 6.07) is 6.83. The van der Waals surface area contributed by atoms with Gasteiger partial charge in [0, 0.05) is 4.90 Å². The van der Waals surface area contributed by atoms with E-state index in [2.05, 4.69) is 0 Å². The van der Waals surface area contributed by atoms with Gasteiger partial charge < -0.3 is 14.6 Å². The molecule has 6 heteroatoms. The number of hydrogen-bond donors (Lipinski definition) is 1. The summed E-state index contributed by atoms with van der Waals surface area (Å²) >= 11 is 0. The molecular formula is C15H20O5S. The molecule has 3 atom stereocenters. The lowest BCUT2D eigenvalue weighted by molar-refractivity contribution is -0.138. The molecule has 3 unspecified atom stereocenters. The zero-order chi connectivity index (χ0) is 15.6. The number of carboxylic acids is 1. The van der Waals surface area contributed by atoms with Crippen LogP contribution in [0.1, 0.15) is 26.3 Å². The molecule has 21 heavy (non-hydrogen) atoms. The quantitative estimate of drug-likeness (QED) is 0.900. The standard InChI is InChI=1S/C15H20O5S/c1-10(13-9-19-15(2,3)20-13)21(18)12-6-4-11(5-7-12)8-14(16)17/h4-7,10,13H,8-9H2,1-3H3,(H,16,17). The van der Waals surface area contributed by atoms with Crippen molar-refractivity contribution in [2.45, 2.75) is 49.2 Å². The lowest BCUT2D eigenvalue weighted by Gasteiger charge is -2.21. The molecule has 5 nitrogen and oxygen atoms in total. The second kappa shape index (κ2) is 6.25. The normalized spacial score (nSPS) is 23.7. The first-order valence-electron chi connectivity index (χ1n) is 6.81. The Balaban J connectivity index is 2.04. The van der Waals surface area contributed by atoms with Gasteiger partial charge in [0.15, 0.2) is 5.79 Å². The number of carboxylic acid groups (broad SMARTS) is 1. The summed E-state index contributed by atoms with van der Waals surface area (Å²) in [6.07, 6.45) is -0.240. The van der Waals surface area contributed by atoms with Crippen LogP contribution in [0.4, 0.5) is 0 Å². The fourth-order valence-electron chi connectivity index (χ4n) is 2.22. The topological polar surface area (TPSA) is 72.8 Å². The first-order chi connectivity index (χ1) is 9.78. The van der Waals surface area contributed by atoms with Crippen LogP contribution in [-0.2, 0) is 31.5 Å². The third kappa shape index (κ3) is 4.12. The molecule has 1 aromatic rings. The van der Waals surface area contributed by atoms with Crippen LogP contribution in [0.5, 0.6) is 0 Å². The van der Waals surface area contributed by atoms with Gasteiger partial charge in [0.25, 0.3) is 0 Å². The van der Waals surface area contributed by atoms with Crippen molar-refractivity contribution in [2.75, 3.05) is 6.61 Å². The van der Waals surface area contributed by atoms with Gasteiger partial charge >= 0.3 is 5.97 Å². The molecule has 1 aliphatic heterocycles. The molecule has 1 fully saturated rings. The van der Waals surface area contributed by atoms with Gasteiger partial charge in [0.1, 0.15) is 0 Å². The van der Waals surface area contributed by atoms with E-state index < -0.39 is 22.6 Å². The van der Waals surface area contributed by atoms with Crippen LogP contribution in [-0.4, -0.2) is 39.0 Å². The average Bonchev–Trinajstić information content (AvgIpc) is 2.77. The van der Waals surface area contributed by atoms with Crippen molar-refractivity contribution >= 4 is 16.8 Å². The van der Waals surface area contributed by atoms with Gasteiger partial charge in [-0.05, 0) is 38.5 Å². The van der Waals surface area contributed by atoms with Crippen LogP contribution in [0.25, 0.3) is 0 Å². The highest BCUT2D eigenvalue weighted by molar-refractivity contribution is 7.85. The number of rotatable bonds is 5. The highest BCUT2D eigenvalue weighted by Gasteiger charge is 2.38.